The van der Waals surface area contributed by atoms with Gasteiger partial charge in [0.2, 0.25) is 0 Å². The first-order valence-electron chi connectivity index (χ1n) is 3.77. The van der Waals surface area contributed by atoms with Crippen molar-refractivity contribution in [3.8, 4) is 0 Å². The van der Waals surface area contributed by atoms with Crippen molar-refractivity contribution in [2.75, 3.05) is 6.61 Å². The van der Waals surface area contributed by atoms with Gasteiger partial charge in [-0.25, -0.2) is 0 Å². The van der Waals surface area contributed by atoms with E-state index in [9.17, 15) is 0 Å². The van der Waals surface area contributed by atoms with E-state index in [2.05, 4.69) is 39.8 Å². The van der Waals surface area contributed by atoms with Crippen LogP contribution in [0.3, 0.4) is 0 Å². The lowest BCUT2D eigenvalue weighted by molar-refractivity contribution is -0.0403. The van der Waals surface area contributed by atoms with Crippen molar-refractivity contribution in [3.63, 3.8) is 0 Å². The molecule has 1 nitrogen and oxygen atoms in total. The molecular weight excluding hydrogens is 124 g/mol. The summed E-state index contributed by atoms with van der Waals surface area (Å²) in [5.74, 6) is 0. The molecule has 0 radical (unpaired) electrons. The topological polar surface area (TPSA) is 9.23 Å². The Bertz CT molecular complexity index is 153. The zero-order chi connectivity index (χ0) is 7.83. The molecule has 0 saturated heterocycles. The van der Waals surface area contributed by atoms with Crippen LogP contribution in [-0.2, 0) is 4.74 Å². The predicted molar refractivity (Wildman–Crippen MR) is 43.0 cm³/mol. The fourth-order valence-electron chi connectivity index (χ4n) is 1.01. The van der Waals surface area contributed by atoms with E-state index in [-0.39, 0.29) is 11.0 Å². The number of hydrogen-bond donors (Lipinski definition) is 0. The van der Waals surface area contributed by atoms with Gasteiger partial charge in [-0.2, -0.15) is 0 Å². The summed E-state index contributed by atoms with van der Waals surface area (Å²) in [6.07, 6.45) is 4.25. The summed E-state index contributed by atoms with van der Waals surface area (Å²) in [7, 11) is 0. The standard InChI is InChI=1S/C9H16O/c1-8(2,3)9(4)6-5-7-10-9/h5-6H,7H2,1-4H3. The average molecular weight is 140 g/mol. The van der Waals surface area contributed by atoms with Crippen molar-refractivity contribution in [1.29, 1.82) is 0 Å². The Morgan fingerprint density at radius 3 is 2.20 bits per heavy atom. The highest BCUT2D eigenvalue weighted by atomic mass is 16.5. The van der Waals surface area contributed by atoms with E-state index in [1.54, 1.807) is 0 Å². The van der Waals surface area contributed by atoms with Crippen LogP contribution in [0.2, 0.25) is 0 Å². The van der Waals surface area contributed by atoms with E-state index in [1.807, 2.05) is 0 Å². The molecule has 0 saturated carbocycles. The Morgan fingerprint density at radius 2 is 2.00 bits per heavy atom. The summed E-state index contributed by atoms with van der Waals surface area (Å²) in [6.45, 7) is 9.50. The molecule has 1 unspecified atom stereocenters. The van der Waals surface area contributed by atoms with E-state index >= 15 is 0 Å². The molecule has 10 heavy (non-hydrogen) atoms. The van der Waals surface area contributed by atoms with E-state index in [4.69, 9.17) is 4.74 Å². The van der Waals surface area contributed by atoms with Gasteiger partial charge in [-0.1, -0.05) is 32.9 Å². The lowest BCUT2D eigenvalue weighted by Crippen LogP contribution is -2.38. The first kappa shape index (κ1) is 7.80. The summed E-state index contributed by atoms with van der Waals surface area (Å²) in [6, 6.07) is 0. The molecule has 0 aromatic heterocycles. The van der Waals surface area contributed by atoms with Crippen LogP contribution in [0.25, 0.3) is 0 Å². The van der Waals surface area contributed by atoms with Gasteiger partial charge in [0.1, 0.15) is 0 Å². The van der Waals surface area contributed by atoms with Crippen LogP contribution in [0.5, 0.6) is 0 Å². The second kappa shape index (κ2) is 2.09. The highest BCUT2D eigenvalue weighted by Gasteiger charge is 2.37. The molecule has 1 heterocycles. The minimum atomic E-state index is -0.0486. The Balaban J connectivity index is 2.78. The molecule has 1 aliphatic heterocycles. The molecule has 0 fully saturated rings. The van der Waals surface area contributed by atoms with Gasteiger partial charge in [0, 0.05) is 0 Å². The predicted octanol–water partition coefficient (Wildman–Crippen LogP) is 2.38. The van der Waals surface area contributed by atoms with Crippen molar-refractivity contribution < 1.29 is 4.74 Å². The Kier molecular flexibility index (Phi) is 1.63. The second-order valence-corrected chi connectivity index (χ2v) is 4.07. The van der Waals surface area contributed by atoms with Crippen molar-refractivity contribution >= 4 is 0 Å². The normalized spacial score (nSPS) is 33.2. The SMILES string of the molecule is CC(C)(C)C1(C)C=CCO1. The van der Waals surface area contributed by atoms with Crippen LogP contribution in [0.1, 0.15) is 27.7 Å². The van der Waals surface area contributed by atoms with E-state index in [0.29, 0.717) is 0 Å². The third kappa shape index (κ3) is 1.10. The van der Waals surface area contributed by atoms with Crippen LogP contribution in [-0.4, -0.2) is 12.2 Å². The molecule has 0 amide bonds. The van der Waals surface area contributed by atoms with Gasteiger partial charge in [0.25, 0.3) is 0 Å². The highest BCUT2D eigenvalue weighted by molar-refractivity contribution is 5.10. The molecule has 1 rings (SSSR count). The van der Waals surface area contributed by atoms with Gasteiger partial charge in [0.15, 0.2) is 0 Å². The quantitative estimate of drug-likeness (QED) is 0.469. The van der Waals surface area contributed by atoms with Crippen LogP contribution >= 0.6 is 0 Å². The van der Waals surface area contributed by atoms with E-state index in [0.717, 1.165) is 6.61 Å². The Morgan fingerprint density at radius 1 is 1.40 bits per heavy atom. The average Bonchev–Trinajstić information content (AvgIpc) is 2.13. The smallest absolute Gasteiger partial charge is 0.0887 e. The molecule has 0 aliphatic carbocycles. The molecule has 0 N–H and O–H groups in total. The minimum absolute atomic E-state index is 0.0486. The van der Waals surface area contributed by atoms with Gasteiger partial charge in [-0.3, -0.25) is 0 Å². The van der Waals surface area contributed by atoms with Crippen LogP contribution < -0.4 is 0 Å². The third-order valence-corrected chi connectivity index (χ3v) is 2.40. The summed E-state index contributed by atoms with van der Waals surface area (Å²) in [4.78, 5) is 0. The fraction of sp³-hybridized carbons (Fsp3) is 0.778. The second-order valence-electron chi connectivity index (χ2n) is 4.07. The summed E-state index contributed by atoms with van der Waals surface area (Å²) in [5.41, 5.74) is 0.160. The molecular formula is C9H16O. The maximum absolute atomic E-state index is 5.59. The van der Waals surface area contributed by atoms with E-state index in [1.165, 1.54) is 0 Å². The number of rotatable bonds is 0. The molecule has 0 spiro atoms. The summed E-state index contributed by atoms with van der Waals surface area (Å²) < 4.78 is 5.59. The lowest BCUT2D eigenvalue weighted by atomic mass is 9.78. The summed E-state index contributed by atoms with van der Waals surface area (Å²) >= 11 is 0. The first-order valence-corrected chi connectivity index (χ1v) is 3.77. The van der Waals surface area contributed by atoms with Gasteiger partial charge < -0.3 is 4.74 Å². The zero-order valence-electron chi connectivity index (χ0n) is 7.27. The highest BCUT2D eigenvalue weighted by Crippen LogP contribution is 2.36. The van der Waals surface area contributed by atoms with Gasteiger partial charge in [0.05, 0.1) is 12.2 Å². The van der Waals surface area contributed by atoms with Crippen LogP contribution in [0, 0.1) is 5.41 Å². The maximum Gasteiger partial charge on any atom is 0.0887 e. The third-order valence-electron chi connectivity index (χ3n) is 2.40. The van der Waals surface area contributed by atoms with Crippen molar-refractivity contribution in [3.05, 3.63) is 12.2 Å². The zero-order valence-corrected chi connectivity index (χ0v) is 7.27. The molecule has 0 aromatic rings. The molecule has 58 valence electrons. The first-order chi connectivity index (χ1) is 4.46. The molecule has 1 heteroatoms. The van der Waals surface area contributed by atoms with Crippen molar-refractivity contribution in [1.82, 2.24) is 0 Å². The Labute approximate surface area is 63.1 Å². The molecule has 1 aliphatic rings. The van der Waals surface area contributed by atoms with Crippen LogP contribution in [0.15, 0.2) is 12.2 Å². The summed E-state index contributed by atoms with van der Waals surface area (Å²) in [5, 5.41) is 0. The van der Waals surface area contributed by atoms with E-state index < -0.39 is 0 Å². The Hall–Kier alpha value is -0.300. The largest absolute Gasteiger partial charge is 0.367 e. The number of hydrogen-bond acceptors (Lipinski definition) is 1. The van der Waals surface area contributed by atoms with Crippen molar-refractivity contribution in [2.24, 2.45) is 5.41 Å². The van der Waals surface area contributed by atoms with Crippen molar-refractivity contribution in [2.45, 2.75) is 33.3 Å². The van der Waals surface area contributed by atoms with Crippen LogP contribution in [0.4, 0.5) is 0 Å². The van der Waals surface area contributed by atoms with Gasteiger partial charge >= 0.3 is 0 Å². The molecule has 0 aromatic carbocycles. The number of ether oxygens (including phenoxy) is 1. The minimum Gasteiger partial charge on any atom is -0.367 e. The fourth-order valence-corrected chi connectivity index (χ4v) is 1.01. The van der Waals surface area contributed by atoms with Gasteiger partial charge in [-0.15, -0.1) is 0 Å². The maximum atomic E-state index is 5.59. The molecule has 0 bridgehead atoms. The van der Waals surface area contributed by atoms with Gasteiger partial charge in [-0.05, 0) is 12.3 Å². The molecule has 1 atom stereocenters. The lowest BCUT2D eigenvalue weighted by Gasteiger charge is -2.36. The monoisotopic (exact) mass is 140 g/mol.